The fraction of sp³-hybridized carbons (Fsp3) is 0.231. The molecule has 5 nitrogen and oxygen atoms in total. The number of aromatic nitrogens is 4. The monoisotopic (exact) mass is 319 g/mol. The average molecular weight is 320 g/mol. The van der Waals surface area contributed by atoms with E-state index < -0.39 is 0 Å². The molecule has 0 saturated heterocycles. The lowest BCUT2D eigenvalue weighted by molar-refractivity contribution is 0.762. The molecule has 98 valence electrons. The summed E-state index contributed by atoms with van der Waals surface area (Å²) in [4.78, 5) is 4.40. The van der Waals surface area contributed by atoms with E-state index in [1.54, 1.807) is 0 Å². The van der Waals surface area contributed by atoms with Crippen molar-refractivity contribution in [2.45, 2.75) is 13.8 Å². The van der Waals surface area contributed by atoms with Crippen LogP contribution in [0.15, 0.2) is 22.7 Å². The number of nitrogens with zero attached hydrogens (tertiary/aromatic N) is 4. The molecule has 0 unspecified atom stereocenters. The van der Waals surface area contributed by atoms with Crippen LogP contribution in [0.5, 0.6) is 0 Å². The number of benzene rings is 1. The van der Waals surface area contributed by atoms with Crippen molar-refractivity contribution in [1.82, 2.24) is 19.3 Å². The molecule has 2 aromatic heterocycles. The first-order valence-corrected chi connectivity index (χ1v) is 6.72. The third-order valence-corrected chi connectivity index (χ3v) is 4.10. The highest BCUT2D eigenvalue weighted by Crippen LogP contribution is 2.27. The quantitative estimate of drug-likeness (QED) is 0.750. The first kappa shape index (κ1) is 12.2. The van der Waals surface area contributed by atoms with Gasteiger partial charge in [-0.05, 0) is 31.5 Å². The summed E-state index contributed by atoms with van der Waals surface area (Å²) in [6.45, 7) is 3.99. The van der Waals surface area contributed by atoms with Crippen LogP contribution >= 0.6 is 15.9 Å². The van der Waals surface area contributed by atoms with Gasteiger partial charge in [0.2, 0.25) is 5.95 Å². The molecule has 3 aromatic rings. The molecule has 0 bridgehead atoms. The largest absolute Gasteiger partial charge is 0.369 e. The van der Waals surface area contributed by atoms with Crippen molar-refractivity contribution in [3.05, 3.63) is 33.9 Å². The zero-order valence-electron chi connectivity index (χ0n) is 11.0. The Labute approximate surface area is 119 Å². The summed E-state index contributed by atoms with van der Waals surface area (Å²) >= 11 is 3.55. The average Bonchev–Trinajstić information content (AvgIpc) is 2.82. The van der Waals surface area contributed by atoms with E-state index in [0.717, 1.165) is 27.0 Å². The smallest absolute Gasteiger partial charge is 0.207 e. The summed E-state index contributed by atoms with van der Waals surface area (Å²) < 4.78 is 4.77. The van der Waals surface area contributed by atoms with Gasteiger partial charge in [-0.25, -0.2) is 9.67 Å². The number of aryl methyl sites for hydroxylation is 3. The van der Waals surface area contributed by atoms with Crippen molar-refractivity contribution in [3.8, 4) is 5.69 Å². The van der Waals surface area contributed by atoms with E-state index >= 15 is 0 Å². The number of anilines is 1. The molecular weight excluding hydrogens is 306 g/mol. The van der Waals surface area contributed by atoms with Crippen molar-refractivity contribution in [3.63, 3.8) is 0 Å². The predicted octanol–water partition coefficient (Wildman–Crippen LogP) is 2.72. The standard InChI is InChI=1S/C13H14BrN5/c1-7-4-5-9(6-10(7)14)19-12-11(16-13(19)15)8(2)17-18(12)3/h4-6H,1-3H3,(H2,15,16). The van der Waals surface area contributed by atoms with Crippen LogP contribution in [0.4, 0.5) is 5.95 Å². The lowest BCUT2D eigenvalue weighted by atomic mass is 10.2. The Morgan fingerprint density at radius 3 is 2.68 bits per heavy atom. The van der Waals surface area contributed by atoms with Crippen LogP contribution in [-0.4, -0.2) is 19.3 Å². The molecule has 0 fully saturated rings. The van der Waals surface area contributed by atoms with Crippen LogP contribution in [0.2, 0.25) is 0 Å². The van der Waals surface area contributed by atoms with E-state index in [0.29, 0.717) is 5.95 Å². The summed E-state index contributed by atoms with van der Waals surface area (Å²) in [5, 5.41) is 4.38. The molecule has 0 spiro atoms. The SMILES string of the molecule is Cc1ccc(-n2c(N)nc3c(C)nn(C)c32)cc1Br. The molecule has 1 aromatic carbocycles. The molecule has 0 aliphatic heterocycles. The van der Waals surface area contributed by atoms with Crippen LogP contribution in [0.1, 0.15) is 11.3 Å². The maximum atomic E-state index is 6.05. The van der Waals surface area contributed by atoms with E-state index in [2.05, 4.69) is 32.9 Å². The number of hydrogen-bond acceptors (Lipinski definition) is 3. The van der Waals surface area contributed by atoms with Gasteiger partial charge in [0.1, 0.15) is 5.52 Å². The Bertz CT molecular complexity index is 784. The van der Waals surface area contributed by atoms with Crippen molar-refractivity contribution in [1.29, 1.82) is 0 Å². The van der Waals surface area contributed by atoms with Crippen LogP contribution in [0, 0.1) is 13.8 Å². The maximum absolute atomic E-state index is 6.05. The van der Waals surface area contributed by atoms with Crippen LogP contribution in [0.25, 0.3) is 16.9 Å². The molecule has 0 aliphatic carbocycles. The molecule has 0 radical (unpaired) electrons. The van der Waals surface area contributed by atoms with E-state index in [1.165, 1.54) is 5.56 Å². The number of nitrogens with two attached hydrogens (primary N) is 1. The normalized spacial score (nSPS) is 11.4. The second-order valence-electron chi connectivity index (χ2n) is 4.62. The highest BCUT2D eigenvalue weighted by atomic mass is 79.9. The molecule has 0 amide bonds. The number of imidazole rings is 1. The Hall–Kier alpha value is -1.82. The Morgan fingerprint density at radius 2 is 2.00 bits per heavy atom. The van der Waals surface area contributed by atoms with Gasteiger partial charge in [0.05, 0.1) is 11.4 Å². The lowest BCUT2D eigenvalue weighted by Gasteiger charge is -2.08. The second-order valence-corrected chi connectivity index (χ2v) is 5.47. The number of fused-ring (bicyclic) bond motifs is 1. The second kappa shape index (κ2) is 4.09. The topological polar surface area (TPSA) is 61.7 Å². The highest BCUT2D eigenvalue weighted by molar-refractivity contribution is 9.10. The fourth-order valence-corrected chi connectivity index (χ4v) is 2.63. The number of halogens is 1. The molecule has 2 heterocycles. The van der Waals surface area contributed by atoms with Gasteiger partial charge in [-0.3, -0.25) is 4.57 Å². The highest BCUT2D eigenvalue weighted by Gasteiger charge is 2.17. The zero-order chi connectivity index (χ0) is 13.7. The van der Waals surface area contributed by atoms with Gasteiger partial charge in [-0.1, -0.05) is 22.0 Å². The molecule has 0 aliphatic rings. The van der Waals surface area contributed by atoms with E-state index in [1.807, 2.05) is 41.4 Å². The fourth-order valence-electron chi connectivity index (χ4n) is 2.26. The molecule has 6 heteroatoms. The van der Waals surface area contributed by atoms with Crippen molar-refractivity contribution < 1.29 is 0 Å². The summed E-state index contributed by atoms with van der Waals surface area (Å²) in [6.07, 6.45) is 0. The van der Waals surface area contributed by atoms with Gasteiger partial charge >= 0.3 is 0 Å². The first-order valence-electron chi connectivity index (χ1n) is 5.93. The summed E-state index contributed by atoms with van der Waals surface area (Å²) in [5.41, 5.74) is 10.8. The van der Waals surface area contributed by atoms with E-state index in [9.17, 15) is 0 Å². The van der Waals surface area contributed by atoms with Gasteiger partial charge in [0.15, 0.2) is 5.65 Å². The zero-order valence-corrected chi connectivity index (χ0v) is 12.6. The molecule has 19 heavy (non-hydrogen) atoms. The van der Waals surface area contributed by atoms with Gasteiger partial charge < -0.3 is 5.73 Å². The first-order chi connectivity index (χ1) is 8.99. The summed E-state index contributed by atoms with van der Waals surface area (Å²) in [7, 11) is 1.90. The summed E-state index contributed by atoms with van der Waals surface area (Å²) in [5.74, 6) is 0.474. The van der Waals surface area contributed by atoms with Gasteiger partial charge in [0, 0.05) is 11.5 Å². The van der Waals surface area contributed by atoms with Crippen molar-refractivity contribution >= 4 is 33.0 Å². The maximum Gasteiger partial charge on any atom is 0.207 e. The van der Waals surface area contributed by atoms with Gasteiger partial charge in [0.25, 0.3) is 0 Å². The molecular formula is C13H14BrN5. The molecule has 0 atom stereocenters. The third kappa shape index (κ3) is 1.74. The molecule has 0 saturated carbocycles. The Balaban J connectivity index is 2.35. The van der Waals surface area contributed by atoms with Crippen LogP contribution < -0.4 is 5.73 Å². The van der Waals surface area contributed by atoms with Gasteiger partial charge in [-0.2, -0.15) is 5.10 Å². The number of hydrogen-bond donors (Lipinski definition) is 1. The van der Waals surface area contributed by atoms with Crippen LogP contribution in [-0.2, 0) is 7.05 Å². The predicted molar refractivity (Wildman–Crippen MR) is 79.4 cm³/mol. The van der Waals surface area contributed by atoms with Gasteiger partial charge in [-0.15, -0.1) is 0 Å². The lowest BCUT2D eigenvalue weighted by Crippen LogP contribution is -2.05. The van der Waals surface area contributed by atoms with E-state index in [-0.39, 0.29) is 0 Å². The van der Waals surface area contributed by atoms with E-state index in [4.69, 9.17) is 5.73 Å². The number of rotatable bonds is 1. The minimum atomic E-state index is 0.474. The minimum absolute atomic E-state index is 0.474. The Morgan fingerprint density at radius 1 is 1.26 bits per heavy atom. The summed E-state index contributed by atoms with van der Waals surface area (Å²) in [6, 6.07) is 6.11. The molecule has 2 N–H and O–H groups in total. The van der Waals surface area contributed by atoms with Crippen molar-refractivity contribution in [2.24, 2.45) is 7.05 Å². The van der Waals surface area contributed by atoms with Crippen molar-refractivity contribution in [2.75, 3.05) is 5.73 Å². The third-order valence-electron chi connectivity index (χ3n) is 3.24. The minimum Gasteiger partial charge on any atom is -0.369 e. The number of nitrogen functional groups attached to an aromatic ring is 1. The Kier molecular flexibility index (Phi) is 2.63. The van der Waals surface area contributed by atoms with Crippen LogP contribution in [0.3, 0.4) is 0 Å². The molecule has 3 rings (SSSR count).